The van der Waals surface area contributed by atoms with Crippen molar-refractivity contribution in [2.75, 3.05) is 5.32 Å². The summed E-state index contributed by atoms with van der Waals surface area (Å²) in [4.78, 5) is 18.4. The minimum atomic E-state index is -0.136. The van der Waals surface area contributed by atoms with Crippen molar-refractivity contribution >= 4 is 34.7 Å². The van der Waals surface area contributed by atoms with Crippen LogP contribution in [0.4, 0.5) is 5.69 Å². The van der Waals surface area contributed by atoms with Gasteiger partial charge in [-0.25, -0.2) is 4.98 Å². The molecule has 0 aliphatic rings. The van der Waals surface area contributed by atoms with E-state index in [1.54, 1.807) is 22.6 Å². The standard InChI is InChI=1S/C16H16N4OS2/c1-11-15(23-12(2)18-11)16(21)19-13-8-17-20(9-13)10-22-14-6-4-3-5-7-14/h3-9H,10H2,1-2H3,(H,19,21). The number of thioether (sulfide) groups is 1. The van der Waals surface area contributed by atoms with Crippen LogP contribution in [-0.4, -0.2) is 20.7 Å². The fourth-order valence-electron chi connectivity index (χ4n) is 2.09. The van der Waals surface area contributed by atoms with Crippen molar-refractivity contribution in [1.29, 1.82) is 0 Å². The van der Waals surface area contributed by atoms with Gasteiger partial charge in [0, 0.05) is 11.1 Å². The molecule has 5 nitrogen and oxygen atoms in total. The summed E-state index contributed by atoms with van der Waals surface area (Å²) >= 11 is 3.09. The molecule has 23 heavy (non-hydrogen) atoms. The molecule has 2 aromatic heterocycles. The van der Waals surface area contributed by atoms with Crippen LogP contribution in [0.2, 0.25) is 0 Å². The van der Waals surface area contributed by atoms with Crippen LogP contribution in [0.5, 0.6) is 0 Å². The third-order valence-electron chi connectivity index (χ3n) is 3.11. The molecule has 0 unspecified atom stereocenters. The minimum absolute atomic E-state index is 0.136. The number of carbonyl (C=O) groups is 1. The van der Waals surface area contributed by atoms with Gasteiger partial charge in [-0.15, -0.1) is 23.1 Å². The van der Waals surface area contributed by atoms with Gasteiger partial charge in [-0.1, -0.05) is 18.2 Å². The van der Waals surface area contributed by atoms with E-state index in [1.807, 2.05) is 38.2 Å². The highest BCUT2D eigenvalue weighted by Gasteiger charge is 2.14. The van der Waals surface area contributed by atoms with Crippen molar-refractivity contribution in [3.63, 3.8) is 0 Å². The Labute approximate surface area is 142 Å². The number of anilines is 1. The third kappa shape index (κ3) is 4.00. The number of rotatable bonds is 5. The van der Waals surface area contributed by atoms with Gasteiger partial charge in [0.2, 0.25) is 0 Å². The van der Waals surface area contributed by atoms with Crippen molar-refractivity contribution in [1.82, 2.24) is 14.8 Å². The molecule has 1 aromatic carbocycles. The summed E-state index contributed by atoms with van der Waals surface area (Å²) in [5, 5.41) is 8.04. The molecule has 0 radical (unpaired) electrons. The summed E-state index contributed by atoms with van der Waals surface area (Å²) in [7, 11) is 0. The second-order valence-corrected chi connectivity index (χ2v) is 7.18. The van der Waals surface area contributed by atoms with Gasteiger partial charge in [0.1, 0.15) is 4.88 Å². The van der Waals surface area contributed by atoms with Gasteiger partial charge < -0.3 is 5.32 Å². The van der Waals surface area contributed by atoms with Crippen LogP contribution in [-0.2, 0) is 5.88 Å². The van der Waals surface area contributed by atoms with Crippen molar-refractivity contribution in [3.05, 3.63) is 58.3 Å². The maximum absolute atomic E-state index is 12.3. The summed E-state index contributed by atoms with van der Waals surface area (Å²) in [5.41, 5.74) is 1.45. The van der Waals surface area contributed by atoms with E-state index in [4.69, 9.17) is 0 Å². The molecule has 0 fully saturated rings. The van der Waals surface area contributed by atoms with Gasteiger partial charge >= 0.3 is 0 Å². The maximum atomic E-state index is 12.3. The summed E-state index contributed by atoms with van der Waals surface area (Å²) in [6.07, 6.45) is 3.49. The van der Waals surface area contributed by atoms with E-state index in [-0.39, 0.29) is 5.91 Å². The normalized spacial score (nSPS) is 10.7. The number of aromatic nitrogens is 3. The Hall–Kier alpha value is -2.12. The maximum Gasteiger partial charge on any atom is 0.267 e. The van der Waals surface area contributed by atoms with Crippen LogP contribution in [0.25, 0.3) is 0 Å². The summed E-state index contributed by atoms with van der Waals surface area (Å²) in [6, 6.07) is 10.1. The van der Waals surface area contributed by atoms with E-state index >= 15 is 0 Å². The molecule has 0 aliphatic carbocycles. The Balaban J connectivity index is 1.61. The molecule has 2 heterocycles. The third-order valence-corrected chi connectivity index (χ3v) is 5.18. The number of nitrogens with one attached hydrogen (secondary N) is 1. The zero-order valence-corrected chi connectivity index (χ0v) is 14.4. The lowest BCUT2D eigenvalue weighted by Crippen LogP contribution is -2.11. The lowest BCUT2D eigenvalue weighted by atomic mass is 10.3. The number of hydrogen-bond donors (Lipinski definition) is 1. The molecule has 3 rings (SSSR count). The summed E-state index contributed by atoms with van der Waals surface area (Å²) in [5.74, 6) is 0.557. The van der Waals surface area contributed by atoms with Gasteiger partial charge in [-0.05, 0) is 26.0 Å². The van der Waals surface area contributed by atoms with Gasteiger partial charge in [0.05, 0.1) is 28.5 Å². The van der Waals surface area contributed by atoms with Crippen LogP contribution < -0.4 is 5.32 Å². The van der Waals surface area contributed by atoms with Gasteiger partial charge in [0.25, 0.3) is 5.91 Å². The molecular weight excluding hydrogens is 328 g/mol. The Morgan fingerprint density at radius 1 is 1.30 bits per heavy atom. The van der Waals surface area contributed by atoms with Crippen LogP contribution in [0.1, 0.15) is 20.4 Å². The average Bonchev–Trinajstić information content (AvgIpc) is 3.12. The zero-order valence-electron chi connectivity index (χ0n) is 12.8. The van der Waals surface area contributed by atoms with Crippen LogP contribution in [0, 0.1) is 13.8 Å². The van der Waals surface area contributed by atoms with Gasteiger partial charge in [-0.3, -0.25) is 9.48 Å². The van der Waals surface area contributed by atoms with E-state index in [9.17, 15) is 4.79 Å². The summed E-state index contributed by atoms with van der Waals surface area (Å²) < 4.78 is 1.80. The molecule has 0 spiro atoms. The predicted octanol–water partition coefficient (Wildman–Crippen LogP) is 3.96. The SMILES string of the molecule is Cc1nc(C)c(C(=O)Nc2cnn(CSc3ccccc3)c2)s1. The number of hydrogen-bond acceptors (Lipinski definition) is 5. The quantitative estimate of drug-likeness (QED) is 0.712. The molecule has 0 saturated carbocycles. The average molecular weight is 344 g/mol. The van der Waals surface area contributed by atoms with Crippen molar-refractivity contribution in [3.8, 4) is 0 Å². The fraction of sp³-hybridized carbons (Fsp3) is 0.188. The monoisotopic (exact) mass is 344 g/mol. The van der Waals surface area contributed by atoms with E-state index in [2.05, 4.69) is 27.5 Å². The van der Waals surface area contributed by atoms with E-state index < -0.39 is 0 Å². The molecule has 1 amide bonds. The van der Waals surface area contributed by atoms with Crippen molar-refractivity contribution < 1.29 is 4.79 Å². The molecule has 0 saturated heterocycles. The topological polar surface area (TPSA) is 59.8 Å². The molecule has 0 aliphatic heterocycles. The van der Waals surface area contributed by atoms with Crippen molar-refractivity contribution in [2.24, 2.45) is 0 Å². The number of aryl methyl sites for hydroxylation is 2. The van der Waals surface area contributed by atoms with Crippen molar-refractivity contribution in [2.45, 2.75) is 24.6 Å². The first kappa shape index (κ1) is 15.8. The van der Waals surface area contributed by atoms with Crippen LogP contribution in [0.15, 0.2) is 47.6 Å². The first-order valence-corrected chi connectivity index (χ1v) is 8.88. The molecule has 7 heteroatoms. The number of carbonyl (C=O) groups excluding carboxylic acids is 1. The molecular formula is C16H16N4OS2. The number of nitrogens with zero attached hydrogens (tertiary/aromatic N) is 3. The Morgan fingerprint density at radius 2 is 2.09 bits per heavy atom. The first-order chi connectivity index (χ1) is 11.1. The van der Waals surface area contributed by atoms with E-state index in [0.29, 0.717) is 16.4 Å². The number of benzene rings is 1. The number of amides is 1. The highest BCUT2D eigenvalue weighted by atomic mass is 32.2. The second kappa shape index (κ2) is 6.97. The highest BCUT2D eigenvalue weighted by molar-refractivity contribution is 7.98. The molecule has 0 atom stereocenters. The van der Waals surface area contributed by atoms with Crippen LogP contribution in [0.3, 0.4) is 0 Å². The molecule has 118 valence electrons. The Bertz CT molecular complexity index is 811. The zero-order chi connectivity index (χ0) is 16.2. The lowest BCUT2D eigenvalue weighted by molar-refractivity contribution is 0.103. The minimum Gasteiger partial charge on any atom is -0.319 e. The Kier molecular flexibility index (Phi) is 4.78. The fourth-order valence-corrected chi connectivity index (χ4v) is 3.67. The molecule has 1 N–H and O–H groups in total. The molecule has 0 bridgehead atoms. The Morgan fingerprint density at radius 3 is 2.78 bits per heavy atom. The van der Waals surface area contributed by atoms with Gasteiger partial charge in [0.15, 0.2) is 0 Å². The predicted molar refractivity (Wildman–Crippen MR) is 94.1 cm³/mol. The first-order valence-electron chi connectivity index (χ1n) is 7.07. The van der Waals surface area contributed by atoms with Gasteiger partial charge in [-0.2, -0.15) is 5.10 Å². The second-order valence-electron chi connectivity index (χ2n) is 4.96. The smallest absolute Gasteiger partial charge is 0.267 e. The highest BCUT2D eigenvalue weighted by Crippen LogP contribution is 2.21. The lowest BCUT2D eigenvalue weighted by Gasteiger charge is -2.02. The van der Waals surface area contributed by atoms with E-state index in [0.717, 1.165) is 10.7 Å². The summed E-state index contributed by atoms with van der Waals surface area (Å²) in [6.45, 7) is 3.74. The largest absolute Gasteiger partial charge is 0.319 e. The number of thiazole rings is 1. The molecule has 3 aromatic rings. The van der Waals surface area contributed by atoms with Crippen LogP contribution >= 0.6 is 23.1 Å². The van der Waals surface area contributed by atoms with E-state index in [1.165, 1.54) is 16.2 Å².